The van der Waals surface area contributed by atoms with Crippen molar-refractivity contribution in [1.82, 2.24) is 29.1 Å². The highest BCUT2D eigenvalue weighted by Crippen LogP contribution is 2.72. The minimum atomic E-state index is -2.49. The van der Waals surface area contributed by atoms with Gasteiger partial charge in [0.2, 0.25) is 0 Å². The lowest BCUT2D eigenvalue weighted by molar-refractivity contribution is 0.891. The number of para-hydroxylation sites is 3. The van der Waals surface area contributed by atoms with Gasteiger partial charge in [0.1, 0.15) is 5.82 Å². The molecule has 7 heteroatoms. The van der Waals surface area contributed by atoms with E-state index in [9.17, 15) is 0 Å². The van der Waals surface area contributed by atoms with Crippen LogP contribution in [-0.4, -0.2) is 29.1 Å². The zero-order valence-electron chi connectivity index (χ0n) is 36.0. The Morgan fingerprint density at radius 1 is 0.354 bits per heavy atom. The molecule has 0 aliphatic heterocycles. The van der Waals surface area contributed by atoms with Crippen LogP contribution in [0.1, 0.15) is 13.8 Å². The lowest BCUT2D eigenvalue weighted by atomic mass is 10.1. The van der Waals surface area contributed by atoms with Gasteiger partial charge >= 0.3 is 0 Å². The number of nitrogens with zero attached hydrogens (tertiary/aromatic N) is 6. The zero-order valence-corrected chi connectivity index (χ0v) is 36.8. The number of pyridine rings is 1. The van der Waals surface area contributed by atoms with Gasteiger partial charge in [-0.2, -0.15) is 0 Å². The molecule has 0 spiro atoms. The number of aromatic nitrogens is 6. The van der Waals surface area contributed by atoms with Crippen molar-refractivity contribution < 1.29 is 0 Å². The Labute approximate surface area is 379 Å². The number of benzene rings is 8. The zero-order chi connectivity index (χ0) is 43.7. The average molecular weight is 857 g/mol. The van der Waals surface area contributed by atoms with E-state index in [1.165, 1.54) is 21.5 Å². The van der Waals surface area contributed by atoms with Crippen LogP contribution in [0.3, 0.4) is 0 Å². The first kappa shape index (κ1) is 39.7. The first-order chi connectivity index (χ1) is 32.3. The molecule has 0 N–H and O–H groups in total. The maximum Gasteiger partial charge on any atom is 0.187 e. The number of hydrogen-bond donors (Lipinski definition) is 0. The molecule has 0 saturated heterocycles. The number of hydrogen-bond acceptors (Lipinski definition) is 4. The number of fused-ring (bicyclic) bond motifs is 7. The Kier molecular flexibility index (Phi) is 10.3. The molecule has 12 rings (SSSR count). The molecular weight excluding hydrogens is 813 g/mol. The standard InChI is InChI=1S/C56H38N6S.C2H6/c1-6-21-39(22-7-1)54-58-55(40-23-8-2-9-24-40)60-56(59-54)63(42-27-12-4-13-28-42,43-29-14-5-15-30-43)51-36-20-35-50(57-51)62-47-33-18-16-31-44(47)45-37-38-49-52(53(45)62)46-32-17-19-34-48(46)61(49)41-25-10-3-11-26-41;1-2/h1-38H;1-2H3. The normalized spacial score (nSPS) is 11.8. The highest BCUT2D eigenvalue weighted by Gasteiger charge is 2.39. The van der Waals surface area contributed by atoms with E-state index in [1.807, 2.05) is 50.2 Å². The first-order valence-corrected chi connectivity index (χ1v) is 23.7. The van der Waals surface area contributed by atoms with Crippen LogP contribution in [-0.2, 0) is 0 Å². The molecule has 0 radical (unpaired) electrons. The molecule has 0 bridgehead atoms. The molecule has 65 heavy (non-hydrogen) atoms. The second kappa shape index (κ2) is 16.9. The van der Waals surface area contributed by atoms with E-state index in [1.54, 1.807) is 0 Å². The van der Waals surface area contributed by atoms with Crippen LogP contribution in [0.2, 0.25) is 0 Å². The van der Waals surface area contributed by atoms with Crippen molar-refractivity contribution in [1.29, 1.82) is 0 Å². The third kappa shape index (κ3) is 6.59. The van der Waals surface area contributed by atoms with Crippen LogP contribution in [0, 0.1) is 0 Å². The van der Waals surface area contributed by atoms with Gasteiger partial charge in [-0.05, 0) is 66.7 Å². The van der Waals surface area contributed by atoms with Crippen LogP contribution in [0.4, 0.5) is 0 Å². The van der Waals surface area contributed by atoms with E-state index in [4.69, 9.17) is 19.9 Å². The molecule has 8 aromatic carbocycles. The molecule has 0 fully saturated rings. The van der Waals surface area contributed by atoms with E-state index in [-0.39, 0.29) is 0 Å². The summed E-state index contributed by atoms with van der Waals surface area (Å²) in [6.45, 7) is 4.00. The van der Waals surface area contributed by atoms with E-state index in [0.717, 1.165) is 59.5 Å². The SMILES string of the molecule is CC.c1ccc(-c2nc(-c3ccccc3)nc(S(c3ccccc3)(c3ccccc3)c3cccc(-n4c5ccccc5c5ccc6c(c7ccccc7n6-c6ccccc6)c54)n3)n2)cc1. The van der Waals surface area contributed by atoms with Crippen LogP contribution in [0.15, 0.2) is 250 Å². The van der Waals surface area contributed by atoms with Crippen molar-refractivity contribution in [2.75, 3.05) is 0 Å². The minimum absolute atomic E-state index is 0.610. The molecule has 0 atom stereocenters. The summed E-state index contributed by atoms with van der Waals surface area (Å²) in [7, 11) is -2.49. The summed E-state index contributed by atoms with van der Waals surface area (Å²) in [6, 6.07) is 80.8. The summed E-state index contributed by atoms with van der Waals surface area (Å²) in [4.78, 5) is 24.1. The van der Waals surface area contributed by atoms with E-state index >= 15 is 0 Å². The smallest absolute Gasteiger partial charge is 0.187 e. The van der Waals surface area contributed by atoms with Gasteiger partial charge in [0.05, 0.1) is 27.1 Å². The van der Waals surface area contributed by atoms with Gasteiger partial charge in [-0.25, -0.2) is 19.9 Å². The van der Waals surface area contributed by atoms with Crippen LogP contribution < -0.4 is 0 Å². The summed E-state index contributed by atoms with van der Waals surface area (Å²) in [5.41, 5.74) is 7.43. The maximum atomic E-state index is 5.87. The van der Waals surface area contributed by atoms with Crippen molar-refractivity contribution in [2.24, 2.45) is 0 Å². The van der Waals surface area contributed by atoms with Crippen molar-refractivity contribution in [3.8, 4) is 34.3 Å². The predicted molar refractivity (Wildman–Crippen MR) is 269 cm³/mol. The van der Waals surface area contributed by atoms with Gasteiger partial charge in [-0.1, -0.05) is 188 Å². The second-order valence-corrected chi connectivity index (χ2v) is 18.4. The summed E-state index contributed by atoms with van der Waals surface area (Å²) >= 11 is 0. The van der Waals surface area contributed by atoms with E-state index in [0.29, 0.717) is 16.8 Å². The maximum absolute atomic E-state index is 5.87. The molecule has 6 nitrogen and oxygen atoms in total. The lowest BCUT2D eigenvalue weighted by Gasteiger charge is -2.38. The summed E-state index contributed by atoms with van der Waals surface area (Å²) < 4.78 is 4.75. The fourth-order valence-corrected chi connectivity index (χ4v) is 12.6. The number of rotatable bonds is 8. The highest BCUT2D eigenvalue weighted by atomic mass is 32.3. The Morgan fingerprint density at radius 2 is 0.846 bits per heavy atom. The third-order valence-electron chi connectivity index (χ3n) is 11.9. The molecule has 0 aliphatic carbocycles. The Balaban J connectivity index is 0.00000231. The second-order valence-electron chi connectivity index (χ2n) is 15.5. The molecule has 0 unspecified atom stereocenters. The van der Waals surface area contributed by atoms with Gasteiger partial charge in [0.15, 0.2) is 16.8 Å². The highest BCUT2D eigenvalue weighted by molar-refractivity contribution is 8.33. The largest absolute Gasteiger partial charge is 0.309 e. The minimum Gasteiger partial charge on any atom is -0.309 e. The molecular formula is C58H44N6S. The van der Waals surface area contributed by atoms with Crippen molar-refractivity contribution in [3.63, 3.8) is 0 Å². The summed E-state index contributed by atoms with van der Waals surface area (Å²) in [6.07, 6.45) is 0. The topological polar surface area (TPSA) is 61.4 Å². The van der Waals surface area contributed by atoms with Gasteiger partial charge in [-0.15, -0.1) is 0 Å². The average Bonchev–Trinajstić information content (AvgIpc) is 3.92. The molecule has 4 aromatic heterocycles. The summed E-state index contributed by atoms with van der Waals surface area (Å²) in [5.74, 6) is 2.03. The van der Waals surface area contributed by atoms with Crippen molar-refractivity contribution in [2.45, 2.75) is 33.8 Å². The molecule has 4 heterocycles. The Morgan fingerprint density at radius 3 is 1.43 bits per heavy atom. The van der Waals surface area contributed by atoms with Crippen LogP contribution in [0.25, 0.3) is 77.9 Å². The Hall–Kier alpha value is -8.13. The molecule has 0 aliphatic rings. The van der Waals surface area contributed by atoms with Crippen LogP contribution >= 0.6 is 10.0 Å². The van der Waals surface area contributed by atoms with E-state index in [2.05, 4.69) is 203 Å². The predicted octanol–water partition coefficient (Wildman–Crippen LogP) is 15.2. The van der Waals surface area contributed by atoms with Gasteiger partial charge in [0.25, 0.3) is 0 Å². The van der Waals surface area contributed by atoms with Crippen molar-refractivity contribution >= 4 is 53.6 Å². The molecule has 0 amide bonds. The fourth-order valence-electron chi connectivity index (χ4n) is 9.16. The van der Waals surface area contributed by atoms with Crippen molar-refractivity contribution in [3.05, 3.63) is 231 Å². The first-order valence-electron chi connectivity index (χ1n) is 22.1. The van der Waals surface area contributed by atoms with Gasteiger partial charge in [-0.3, -0.25) is 4.57 Å². The fraction of sp³-hybridized carbons (Fsp3) is 0.0345. The lowest BCUT2D eigenvalue weighted by Crippen LogP contribution is -2.13. The van der Waals surface area contributed by atoms with Gasteiger partial charge < -0.3 is 4.57 Å². The van der Waals surface area contributed by atoms with Crippen LogP contribution in [0.5, 0.6) is 0 Å². The third-order valence-corrected chi connectivity index (χ3v) is 15.4. The van der Waals surface area contributed by atoms with E-state index < -0.39 is 10.0 Å². The monoisotopic (exact) mass is 856 g/mol. The molecule has 0 saturated carbocycles. The summed E-state index contributed by atoms with van der Waals surface area (Å²) in [5, 5.41) is 6.23. The molecule has 312 valence electrons. The van der Waals surface area contributed by atoms with Gasteiger partial charge in [0, 0.05) is 48.2 Å². The molecule has 12 aromatic rings. The Bertz CT molecular complexity index is 3510. The quantitative estimate of drug-likeness (QED) is 0.153.